The Balaban J connectivity index is 0.000000357. The topological polar surface area (TPSA) is 77.9 Å². The molecule has 0 saturated heterocycles. The largest absolute Gasteiger partial charge is 0.505 e. The van der Waals surface area contributed by atoms with Crippen LogP contribution in [0.1, 0.15) is 29.2 Å². The van der Waals surface area contributed by atoms with E-state index in [0.717, 1.165) is 40.3 Å². The van der Waals surface area contributed by atoms with Gasteiger partial charge in [-0.25, -0.2) is 25.7 Å². The Hall–Kier alpha value is -3.64. The number of hydrogen-bond acceptors (Lipinski definition) is 4. The van der Waals surface area contributed by atoms with E-state index in [2.05, 4.69) is 13.2 Å². The lowest BCUT2D eigenvalue weighted by molar-refractivity contribution is 0.401. The maximum absolute atomic E-state index is 13.5. The van der Waals surface area contributed by atoms with Gasteiger partial charge in [0.05, 0.1) is 14.8 Å². The van der Waals surface area contributed by atoms with Gasteiger partial charge in [0.25, 0.3) is 0 Å². The summed E-state index contributed by atoms with van der Waals surface area (Å²) in [4.78, 5) is 0.237. The molecule has 0 amide bonds. The standard InChI is InChI=1S/C23H24FNO2S.C14H16Cl2FNO2S/c1-3-19-13-18(2)14-23(15-19)28(26,27)25(16-20-7-5-4-6-8-20)17-21-9-11-22(24)12-10-21;1-4-12(17)7-5-6-10-18(3)21(20)11(2)14(19)13(16)8-9-15/h4-15H,3,16-17H2,1-2H3;4-9,19H,1-2,10H2,3H3/b;6-5+,9-8+,12-7+,14-13-. The number of sulfonamides is 1. The molecule has 0 saturated carbocycles. The molecule has 0 aliphatic rings. The molecule has 3 rings (SSSR count). The smallest absolute Gasteiger partial charge is 0.243 e. The van der Waals surface area contributed by atoms with E-state index >= 15 is 0 Å². The first-order chi connectivity index (χ1) is 23.2. The first kappa shape index (κ1) is 41.5. The molecule has 0 aromatic heterocycles. The van der Waals surface area contributed by atoms with Crippen LogP contribution in [-0.2, 0) is 40.5 Å². The van der Waals surface area contributed by atoms with Crippen LogP contribution in [0, 0.1) is 12.7 Å². The van der Waals surface area contributed by atoms with Crippen molar-refractivity contribution in [3.63, 3.8) is 0 Å². The van der Waals surface area contributed by atoms with Gasteiger partial charge in [-0.15, -0.1) is 0 Å². The van der Waals surface area contributed by atoms with E-state index in [-0.39, 0.29) is 35.4 Å². The lowest BCUT2D eigenvalue weighted by Gasteiger charge is -2.23. The fourth-order valence-electron chi connectivity index (χ4n) is 4.18. The summed E-state index contributed by atoms with van der Waals surface area (Å²) in [6.07, 6.45) is 7.35. The van der Waals surface area contributed by atoms with Crippen molar-refractivity contribution in [1.82, 2.24) is 8.61 Å². The zero-order valence-corrected chi connectivity index (χ0v) is 30.7. The second kappa shape index (κ2) is 20.8. The van der Waals surface area contributed by atoms with E-state index in [9.17, 15) is 26.5 Å². The molecule has 1 N–H and O–H groups in total. The Morgan fingerprint density at radius 3 is 2.20 bits per heavy atom. The number of allylic oxidation sites excluding steroid dienone is 6. The van der Waals surface area contributed by atoms with Crippen LogP contribution in [0.3, 0.4) is 0 Å². The van der Waals surface area contributed by atoms with Gasteiger partial charge < -0.3 is 5.11 Å². The van der Waals surface area contributed by atoms with E-state index in [0.29, 0.717) is 4.90 Å². The summed E-state index contributed by atoms with van der Waals surface area (Å²) in [6.45, 7) is 11.4. The quantitative estimate of drug-likeness (QED) is 0.124. The molecule has 1 atom stereocenters. The number of nitrogens with zero attached hydrogens (tertiary/aromatic N) is 2. The van der Waals surface area contributed by atoms with Gasteiger partial charge in [-0.1, -0.05) is 104 Å². The van der Waals surface area contributed by atoms with Crippen molar-refractivity contribution >= 4 is 44.2 Å². The van der Waals surface area contributed by atoms with Gasteiger partial charge in [0, 0.05) is 32.2 Å². The summed E-state index contributed by atoms with van der Waals surface area (Å²) >= 11 is 11.1. The molecular formula is C37H40Cl2F2N2O4S2. The van der Waals surface area contributed by atoms with Crippen LogP contribution in [0.5, 0.6) is 0 Å². The molecule has 6 nitrogen and oxygen atoms in total. The minimum atomic E-state index is -3.72. The van der Waals surface area contributed by atoms with Crippen molar-refractivity contribution in [2.45, 2.75) is 38.3 Å². The summed E-state index contributed by atoms with van der Waals surface area (Å²) in [5.41, 5.74) is 4.65. The van der Waals surface area contributed by atoms with E-state index in [1.54, 1.807) is 37.4 Å². The predicted octanol–water partition coefficient (Wildman–Crippen LogP) is 9.54. The number of halogens is 4. The van der Waals surface area contributed by atoms with Crippen LogP contribution in [-0.4, -0.2) is 39.9 Å². The Morgan fingerprint density at radius 2 is 1.63 bits per heavy atom. The molecule has 3 aromatic rings. The van der Waals surface area contributed by atoms with Crippen molar-refractivity contribution < 1.29 is 26.5 Å². The molecule has 3 aromatic carbocycles. The third-order valence-electron chi connectivity index (χ3n) is 6.77. The normalized spacial score (nSPS) is 13.4. The average molecular weight is 750 g/mol. The summed E-state index contributed by atoms with van der Waals surface area (Å²) in [6, 6.07) is 20.9. The minimum Gasteiger partial charge on any atom is -0.505 e. The Bertz CT molecular complexity index is 1830. The van der Waals surface area contributed by atoms with Crippen LogP contribution in [0.25, 0.3) is 0 Å². The maximum Gasteiger partial charge on any atom is 0.243 e. The zero-order valence-electron chi connectivity index (χ0n) is 27.5. The van der Waals surface area contributed by atoms with Gasteiger partial charge in [0.15, 0.2) is 5.76 Å². The monoisotopic (exact) mass is 748 g/mol. The second-order valence-corrected chi connectivity index (χ2v) is 14.8. The van der Waals surface area contributed by atoms with Crippen molar-refractivity contribution in [2.75, 3.05) is 13.6 Å². The van der Waals surface area contributed by atoms with Crippen LogP contribution in [0.4, 0.5) is 8.78 Å². The molecule has 49 heavy (non-hydrogen) atoms. The number of benzene rings is 3. The molecule has 0 spiro atoms. The molecule has 0 fully saturated rings. The number of aryl methyl sites for hydroxylation is 2. The lowest BCUT2D eigenvalue weighted by Crippen LogP contribution is -2.30. The highest BCUT2D eigenvalue weighted by molar-refractivity contribution is 7.89. The Kier molecular flexibility index (Phi) is 17.6. The van der Waals surface area contributed by atoms with Crippen molar-refractivity contribution in [1.29, 1.82) is 0 Å². The average Bonchev–Trinajstić information content (AvgIpc) is 3.09. The van der Waals surface area contributed by atoms with Crippen molar-refractivity contribution in [2.24, 2.45) is 0 Å². The van der Waals surface area contributed by atoms with E-state index < -0.39 is 32.6 Å². The van der Waals surface area contributed by atoms with Gasteiger partial charge in [-0.05, 0) is 78.1 Å². The highest BCUT2D eigenvalue weighted by atomic mass is 35.5. The van der Waals surface area contributed by atoms with Gasteiger partial charge in [0.1, 0.15) is 22.6 Å². The predicted molar refractivity (Wildman–Crippen MR) is 199 cm³/mol. The third-order valence-corrected chi connectivity index (χ3v) is 10.3. The summed E-state index contributed by atoms with van der Waals surface area (Å²) in [5, 5.41) is 9.68. The Labute approximate surface area is 301 Å². The minimum absolute atomic E-state index is 0.0570. The van der Waals surface area contributed by atoms with Gasteiger partial charge in [-0.2, -0.15) is 4.31 Å². The highest BCUT2D eigenvalue weighted by Crippen LogP contribution is 2.24. The maximum atomic E-state index is 13.5. The van der Waals surface area contributed by atoms with Crippen LogP contribution in [0.2, 0.25) is 0 Å². The molecule has 0 heterocycles. The molecule has 1 unspecified atom stereocenters. The van der Waals surface area contributed by atoms with E-state index in [1.165, 1.54) is 39.0 Å². The number of rotatable bonds is 15. The molecule has 12 heteroatoms. The second-order valence-electron chi connectivity index (χ2n) is 10.5. The summed E-state index contributed by atoms with van der Waals surface area (Å²) < 4.78 is 67.9. The lowest BCUT2D eigenvalue weighted by atomic mass is 10.1. The highest BCUT2D eigenvalue weighted by Gasteiger charge is 2.26. The van der Waals surface area contributed by atoms with Crippen LogP contribution >= 0.6 is 23.2 Å². The summed E-state index contributed by atoms with van der Waals surface area (Å²) in [5.74, 6) is -1.22. The number of aliphatic hydroxyl groups is 1. The molecule has 262 valence electrons. The zero-order chi connectivity index (χ0) is 36.6. The summed E-state index contributed by atoms with van der Waals surface area (Å²) in [7, 11) is -3.87. The van der Waals surface area contributed by atoms with Gasteiger partial charge in [-0.3, -0.25) is 0 Å². The number of likely N-dealkylation sites (N-methyl/N-ethyl adjacent to an activating group) is 1. The molecule has 0 aliphatic carbocycles. The molecular weight excluding hydrogens is 709 g/mol. The van der Waals surface area contributed by atoms with Crippen molar-refractivity contribution in [3.8, 4) is 0 Å². The number of aliphatic hydroxyl groups excluding tert-OH is 1. The van der Waals surface area contributed by atoms with Gasteiger partial charge >= 0.3 is 0 Å². The van der Waals surface area contributed by atoms with Crippen LogP contribution in [0.15, 0.2) is 148 Å². The molecule has 0 aliphatic heterocycles. The Morgan fingerprint density at radius 1 is 1.02 bits per heavy atom. The van der Waals surface area contributed by atoms with Crippen LogP contribution < -0.4 is 0 Å². The van der Waals surface area contributed by atoms with Crippen molar-refractivity contribution in [3.05, 3.63) is 171 Å². The molecule has 0 bridgehead atoms. The fourth-order valence-corrected chi connectivity index (χ4v) is 7.04. The third kappa shape index (κ3) is 13.7. The first-order valence-corrected chi connectivity index (χ1v) is 18.3. The molecule has 0 radical (unpaired) electrons. The fraction of sp³-hybridized carbons (Fsp3) is 0.189. The van der Waals surface area contributed by atoms with E-state index in [4.69, 9.17) is 23.2 Å². The SMILES string of the molecule is C=C/C(F)=C\C=C\CN(C)S(=O)C(=C)/C(O)=C(Cl)\C=C\Cl.CCc1cc(C)cc(S(=O)(=O)N(Cc2ccccc2)Cc2ccc(F)cc2)c1. The van der Waals surface area contributed by atoms with E-state index in [1.807, 2.05) is 50.2 Å². The first-order valence-electron chi connectivity index (χ1n) is 14.9. The van der Waals surface area contributed by atoms with Gasteiger partial charge in [0.2, 0.25) is 10.0 Å². The number of hydrogen-bond donors (Lipinski definition) is 1.